The second kappa shape index (κ2) is 11.3. The Balaban J connectivity index is 1.43. The number of amides is 1. The fourth-order valence-corrected chi connectivity index (χ4v) is 5.26. The third-order valence-corrected chi connectivity index (χ3v) is 7.21. The summed E-state index contributed by atoms with van der Waals surface area (Å²) in [6.07, 6.45) is 5.05. The molecule has 34 heavy (non-hydrogen) atoms. The Bertz CT molecular complexity index is 991. The molecule has 0 spiro atoms. The molecule has 2 aliphatic heterocycles. The highest BCUT2D eigenvalue weighted by Gasteiger charge is 2.42. The van der Waals surface area contributed by atoms with Crippen LogP contribution in [0.2, 0.25) is 5.02 Å². The van der Waals surface area contributed by atoms with Gasteiger partial charge in [0, 0.05) is 24.2 Å². The third-order valence-electron chi connectivity index (χ3n) is 6.97. The van der Waals surface area contributed by atoms with E-state index in [9.17, 15) is 9.59 Å². The van der Waals surface area contributed by atoms with Crippen LogP contribution in [0.3, 0.4) is 0 Å². The number of piperidine rings is 1. The highest BCUT2D eigenvalue weighted by Crippen LogP contribution is 2.32. The fourth-order valence-electron chi connectivity index (χ4n) is 5.05. The van der Waals surface area contributed by atoms with Crippen molar-refractivity contribution >= 4 is 23.5 Å². The molecule has 1 aromatic heterocycles. The van der Waals surface area contributed by atoms with Crippen LogP contribution in [0, 0.1) is 0 Å². The summed E-state index contributed by atoms with van der Waals surface area (Å²) in [5, 5.41) is 11.9. The molecule has 1 N–H and O–H groups in total. The Hall–Kier alpha value is -2.49. The molecule has 10 heteroatoms. The van der Waals surface area contributed by atoms with Crippen molar-refractivity contribution < 1.29 is 14.3 Å². The van der Waals surface area contributed by atoms with Crippen LogP contribution < -0.4 is 5.32 Å². The molecule has 2 aromatic rings. The summed E-state index contributed by atoms with van der Waals surface area (Å²) >= 11 is 6.08. The smallest absolute Gasteiger partial charge is 0.360 e. The van der Waals surface area contributed by atoms with E-state index in [0.29, 0.717) is 30.6 Å². The number of carbonyl (C=O) groups excluding carboxylic acids is 2. The maximum Gasteiger partial charge on any atom is 0.360 e. The van der Waals surface area contributed by atoms with Gasteiger partial charge in [-0.3, -0.25) is 9.69 Å². The van der Waals surface area contributed by atoms with Crippen molar-refractivity contribution in [2.75, 3.05) is 39.8 Å². The molecule has 2 atom stereocenters. The third kappa shape index (κ3) is 5.76. The van der Waals surface area contributed by atoms with Crippen LogP contribution in [0.5, 0.6) is 0 Å². The van der Waals surface area contributed by atoms with Crippen LogP contribution >= 0.6 is 11.6 Å². The molecule has 1 aromatic carbocycles. The van der Waals surface area contributed by atoms with E-state index in [1.165, 1.54) is 7.11 Å². The van der Waals surface area contributed by atoms with Crippen LogP contribution in [0.25, 0.3) is 0 Å². The summed E-state index contributed by atoms with van der Waals surface area (Å²) in [5.74, 6) is -0.473. The number of benzene rings is 1. The molecule has 184 valence electrons. The fraction of sp³-hybridized carbons (Fsp3) is 0.583. The molecule has 0 aliphatic carbocycles. The molecule has 2 fully saturated rings. The minimum absolute atomic E-state index is 0.0289. The predicted molar refractivity (Wildman–Crippen MR) is 129 cm³/mol. The van der Waals surface area contributed by atoms with Gasteiger partial charge in [-0.25, -0.2) is 9.48 Å². The summed E-state index contributed by atoms with van der Waals surface area (Å²) in [6.45, 7) is 6.58. The van der Waals surface area contributed by atoms with E-state index < -0.39 is 5.97 Å². The zero-order chi connectivity index (χ0) is 24.1. The van der Waals surface area contributed by atoms with E-state index in [0.717, 1.165) is 44.5 Å². The van der Waals surface area contributed by atoms with Gasteiger partial charge in [-0.15, -0.1) is 5.10 Å². The number of ether oxygens (including phenoxy) is 1. The number of methoxy groups -OCH3 is 1. The average molecular weight is 489 g/mol. The van der Waals surface area contributed by atoms with Gasteiger partial charge in [0.1, 0.15) is 0 Å². The molecular formula is C24H33ClN6O3. The first-order valence-electron chi connectivity index (χ1n) is 12.0. The monoisotopic (exact) mass is 488 g/mol. The molecule has 2 aliphatic rings. The van der Waals surface area contributed by atoms with E-state index in [1.54, 1.807) is 10.9 Å². The number of rotatable bonds is 8. The van der Waals surface area contributed by atoms with Gasteiger partial charge in [0.25, 0.3) is 0 Å². The molecule has 0 unspecified atom stereocenters. The van der Waals surface area contributed by atoms with Crippen LogP contribution in [0.4, 0.5) is 0 Å². The molecule has 2 saturated heterocycles. The molecule has 3 heterocycles. The predicted octanol–water partition coefficient (Wildman–Crippen LogP) is 2.18. The summed E-state index contributed by atoms with van der Waals surface area (Å²) < 4.78 is 6.46. The van der Waals surface area contributed by atoms with Gasteiger partial charge in [0.05, 0.1) is 25.4 Å². The normalized spacial score (nSPS) is 22.1. The van der Waals surface area contributed by atoms with E-state index >= 15 is 0 Å². The number of aromatic nitrogens is 3. The molecule has 4 rings (SSSR count). The number of likely N-dealkylation sites (tertiary alicyclic amines) is 2. The van der Waals surface area contributed by atoms with Gasteiger partial charge in [0.15, 0.2) is 5.69 Å². The summed E-state index contributed by atoms with van der Waals surface area (Å²) in [4.78, 5) is 29.9. The molecule has 0 radical (unpaired) electrons. The quantitative estimate of drug-likeness (QED) is 0.569. The Labute approximate surface area is 205 Å². The van der Waals surface area contributed by atoms with E-state index in [2.05, 4.69) is 32.4 Å². The molecule has 9 nitrogen and oxygen atoms in total. The number of hydrogen-bond acceptors (Lipinski definition) is 7. The maximum absolute atomic E-state index is 13.3. The molecule has 0 saturated carbocycles. The van der Waals surface area contributed by atoms with E-state index in [4.69, 9.17) is 16.3 Å². The second-order valence-electron chi connectivity index (χ2n) is 9.01. The second-order valence-corrected chi connectivity index (χ2v) is 9.45. The Morgan fingerprint density at radius 1 is 1.24 bits per heavy atom. The number of nitrogens with zero attached hydrogens (tertiary/aromatic N) is 5. The van der Waals surface area contributed by atoms with Gasteiger partial charge in [-0.2, -0.15) is 0 Å². The molecule has 1 amide bonds. The van der Waals surface area contributed by atoms with E-state index in [1.807, 2.05) is 24.3 Å². The summed E-state index contributed by atoms with van der Waals surface area (Å²) in [5.41, 5.74) is 1.28. The Kier molecular flexibility index (Phi) is 8.18. The Morgan fingerprint density at radius 2 is 2.03 bits per heavy atom. The SMILES string of the molecule is CCN1CCC(N2C[C@H](n3cc(C(=O)OC)nn3)C[C@H]2C(=O)NCCc2cccc(Cl)c2)CC1. The lowest BCUT2D eigenvalue weighted by Crippen LogP contribution is -2.51. The minimum atomic E-state index is -0.511. The van der Waals surface area contributed by atoms with Crippen LogP contribution in [0.15, 0.2) is 30.5 Å². The lowest BCUT2D eigenvalue weighted by molar-refractivity contribution is -0.126. The first kappa shape index (κ1) is 24.6. The average Bonchev–Trinajstić information content (AvgIpc) is 3.51. The number of halogens is 1. The highest BCUT2D eigenvalue weighted by atomic mass is 35.5. The first-order valence-corrected chi connectivity index (χ1v) is 12.4. The summed E-state index contributed by atoms with van der Waals surface area (Å²) in [6, 6.07) is 7.79. The lowest BCUT2D eigenvalue weighted by atomic mass is 10.0. The van der Waals surface area contributed by atoms with Crippen molar-refractivity contribution in [3.63, 3.8) is 0 Å². The Morgan fingerprint density at radius 3 is 2.74 bits per heavy atom. The van der Waals surface area contributed by atoms with Crippen LogP contribution in [-0.4, -0.2) is 88.6 Å². The number of hydrogen-bond donors (Lipinski definition) is 1. The largest absolute Gasteiger partial charge is 0.464 e. The topological polar surface area (TPSA) is 92.6 Å². The standard InChI is InChI=1S/C24H33ClN6O3/c1-3-29-11-8-19(9-12-29)30-15-20(31-16-21(27-28-31)24(33)34-2)14-22(30)23(32)26-10-7-17-5-4-6-18(25)13-17/h4-6,13,16,19-20,22H,3,7-12,14-15H2,1-2H3,(H,26,32)/t20-,22+/m1/s1. The molecular weight excluding hydrogens is 456 g/mol. The lowest BCUT2D eigenvalue weighted by Gasteiger charge is -2.38. The highest BCUT2D eigenvalue weighted by molar-refractivity contribution is 6.30. The van der Waals surface area contributed by atoms with Crippen molar-refractivity contribution in [2.24, 2.45) is 0 Å². The number of carbonyl (C=O) groups is 2. The van der Waals surface area contributed by atoms with Crippen LogP contribution in [0.1, 0.15) is 48.3 Å². The van der Waals surface area contributed by atoms with Gasteiger partial charge in [-0.05, 0) is 63.0 Å². The van der Waals surface area contributed by atoms with Crippen molar-refractivity contribution in [1.82, 2.24) is 30.1 Å². The number of esters is 1. The van der Waals surface area contributed by atoms with Gasteiger partial charge in [-0.1, -0.05) is 35.9 Å². The summed E-state index contributed by atoms with van der Waals surface area (Å²) in [7, 11) is 1.32. The van der Waals surface area contributed by atoms with Gasteiger partial charge >= 0.3 is 5.97 Å². The van der Waals surface area contributed by atoms with Crippen molar-refractivity contribution in [3.8, 4) is 0 Å². The minimum Gasteiger partial charge on any atom is -0.464 e. The zero-order valence-corrected chi connectivity index (χ0v) is 20.6. The van der Waals surface area contributed by atoms with Crippen molar-refractivity contribution in [3.05, 3.63) is 46.7 Å². The van der Waals surface area contributed by atoms with E-state index in [-0.39, 0.29) is 23.7 Å². The molecule has 0 bridgehead atoms. The zero-order valence-electron chi connectivity index (χ0n) is 19.8. The van der Waals surface area contributed by atoms with Gasteiger partial charge in [0.2, 0.25) is 5.91 Å². The van der Waals surface area contributed by atoms with Crippen molar-refractivity contribution in [1.29, 1.82) is 0 Å². The first-order chi connectivity index (χ1) is 16.5. The van der Waals surface area contributed by atoms with Crippen LogP contribution in [-0.2, 0) is 16.0 Å². The maximum atomic E-state index is 13.3. The number of nitrogens with one attached hydrogen (secondary N) is 1. The van der Waals surface area contributed by atoms with Crippen molar-refractivity contribution in [2.45, 2.75) is 50.7 Å². The van der Waals surface area contributed by atoms with Gasteiger partial charge < -0.3 is 15.0 Å².